The molecule has 3 heteroatoms. The molecule has 3 aromatic carbocycles. The Kier molecular flexibility index (Phi) is 2.60. The molecule has 0 saturated carbocycles. The first-order valence-electron chi connectivity index (χ1n) is 9.00. The van der Waals surface area contributed by atoms with E-state index in [0.29, 0.717) is 0 Å². The van der Waals surface area contributed by atoms with Crippen molar-refractivity contribution in [3.8, 4) is 17.1 Å². The molecule has 0 spiro atoms. The summed E-state index contributed by atoms with van der Waals surface area (Å²) in [5.74, 6) is 1.29. The monoisotopic (exact) mass is 336 g/mol. The Balaban J connectivity index is 1.83. The van der Waals surface area contributed by atoms with Gasteiger partial charge in [0, 0.05) is 0 Å². The van der Waals surface area contributed by atoms with Crippen LogP contribution in [0.3, 0.4) is 0 Å². The topological polar surface area (TPSA) is 13.7 Å². The van der Waals surface area contributed by atoms with Crippen molar-refractivity contribution in [1.82, 2.24) is 9.13 Å². The molecule has 0 bridgehead atoms. The Bertz CT molecular complexity index is 1310. The molecule has 0 amide bonds. The predicted molar refractivity (Wildman–Crippen MR) is 104 cm³/mol. The largest absolute Gasteiger partial charge is 0.274 e. The van der Waals surface area contributed by atoms with Gasteiger partial charge in [-0.1, -0.05) is 48.5 Å². The highest BCUT2D eigenvalue weighted by Gasteiger charge is 2.35. The number of aryl methyl sites for hydroxylation is 1. The number of benzene rings is 3. The lowest BCUT2D eigenvalue weighted by atomic mass is 10.1. The van der Waals surface area contributed by atoms with E-state index in [1.54, 1.807) is 0 Å². The van der Waals surface area contributed by atoms with Crippen LogP contribution in [0.4, 0.5) is 0 Å². The number of fused-ring (bicyclic) bond motifs is 7. The van der Waals surface area contributed by atoms with E-state index in [4.69, 9.17) is 0 Å². The Hall–Kier alpha value is -3.33. The average molecular weight is 336 g/mol. The highest BCUT2D eigenvalue weighted by atomic mass is 15.2. The third-order valence-corrected chi connectivity index (χ3v) is 5.59. The van der Waals surface area contributed by atoms with Crippen molar-refractivity contribution < 1.29 is 4.57 Å². The zero-order valence-electron chi connectivity index (χ0n) is 14.6. The Morgan fingerprint density at radius 1 is 0.808 bits per heavy atom. The van der Waals surface area contributed by atoms with Crippen molar-refractivity contribution in [2.75, 3.05) is 0 Å². The van der Waals surface area contributed by atoms with E-state index in [1.807, 2.05) is 0 Å². The summed E-state index contributed by atoms with van der Waals surface area (Å²) in [7, 11) is 2.19. The molecule has 0 unspecified atom stereocenters. The van der Waals surface area contributed by atoms with E-state index in [2.05, 4.69) is 99.6 Å². The normalized spacial score (nSPS) is 12.7. The molecule has 124 valence electrons. The van der Waals surface area contributed by atoms with Crippen molar-refractivity contribution in [2.45, 2.75) is 6.54 Å². The van der Waals surface area contributed by atoms with E-state index in [1.165, 1.54) is 44.7 Å². The molecular weight excluding hydrogens is 318 g/mol. The van der Waals surface area contributed by atoms with Crippen LogP contribution in [-0.4, -0.2) is 9.13 Å². The number of hydrogen-bond acceptors (Lipinski definition) is 0. The van der Waals surface area contributed by atoms with Crippen LogP contribution in [0.15, 0.2) is 78.9 Å². The van der Waals surface area contributed by atoms with Gasteiger partial charge in [-0.15, -0.1) is 0 Å². The van der Waals surface area contributed by atoms with Crippen LogP contribution in [0, 0.1) is 0 Å². The van der Waals surface area contributed by atoms with Crippen LogP contribution in [0.1, 0.15) is 5.56 Å². The van der Waals surface area contributed by atoms with Gasteiger partial charge in [-0.25, -0.2) is 13.7 Å². The van der Waals surface area contributed by atoms with Crippen LogP contribution in [0.25, 0.3) is 39.1 Å². The number of rotatable bonds is 1. The SMILES string of the molecule is C[n+]1c2n(c3c4ccccc4n(-c4ccccc4)c31)Cc1ccccc1-2. The van der Waals surface area contributed by atoms with Crippen LogP contribution >= 0.6 is 0 Å². The lowest BCUT2D eigenvalue weighted by molar-refractivity contribution is -0.636. The zero-order valence-corrected chi connectivity index (χ0v) is 14.6. The third kappa shape index (κ3) is 1.60. The van der Waals surface area contributed by atoms with Crippen LogP contribution in [0.2, 0.25) is 0 Å². The maximum atomic E-state index is 2.47. The van der Waals surface area contributed by atoms with Gasteiger partial charge < -0.3 is 0 Å². The van der Waals surface area contributed by atoms with Crippen molar-refractivity contribution in [1.29, 1.82) is 0 Å². The van der Waals surface area contributed by atoms with Gasteiger partial charge in [0.1, 0.15) is 11.2 Å². The fourth-order valence-corrected chi connectivity index (χ4v) is 4.54. The summed E-state index contributed by atoms with van der Waals surface area (Å²) in [6, 6.07) is 28.1. The number of aromatic nitrogens is 3. The molecule has 0 fully saturated rings. The fraction of sp³-hybridized carbons (Fsp3) is 0.0870. The van der Waals surface area contributed by atoms with Gasteiger partial charge >= 0.3 is 0 Å². The minimum atomic E-state index is 0.936. The number of imidazole rings is 1. The van der Waals surface area contributed by atoms with Crippen LogP contribution < -0.4 is 4.57 Å². The first-order chi connectivity index (χ1) is 12.8. The second-order valence-electron chi connectivity index (χ2n) is 6.99. The van der Waals surface area contributed by atoms with E-state index in [0.717, 1.165) is 6.54 Å². The molecule has 0 atom stereocenters. The Morgan fingerprint density at radius 2 is 1.54 bits per heavy atom. The summed E-state index contributed by atoms with van der Waals surface area (Å²) in [5, 5.41) is 1.31. The van der Waals surface area contributed by atoms with Crippen LogP contribution in [-0.2, 0) is 13.6 Å². The third-order valence-electron chi connectivity index (χ3n) is 5.59. The lowest BCUT2D eigenvalue weighted by Gasteiger charge is -2.03. The Labute approximate surface area is 151 Å². The first-order valence-corrected chi connectivity index (χ1v) is 9.00. The molecular formula is C23H18N3+. The second kappa shape index (κ2) is 4.85. The molecule has 5 aromatic rings. The molecule has 26 heavy (non-hydrogen) atoms. The van der Waals surface area contributed by atoms with Gasteiger partial charge in [0.2, 0.25) is 5.82 Å². The van der Waals surface area contributed by atoms with Crippen molar-refractivity contribution in [3.05, 3.63) is 84.4 Å². The van der Waals surface area contributed by atoms with Gasteiger partial charge in [-0.3, -0.25) is 0 Å². The average Bonchev–Trinajstić information content (AvgIpc) is 3.31. The van der Waals surface area contributed by atoms with Crippen molar-refractivity contribution in [3.63, 3.8) is 0 Å². The molecule has 0 saturated heterocycles. The highest BCUT2D eigenvalue weighted by molar-refractivity contribution is 6.06. The molecule has 6 rings (SSSR count). The van der Waals surface area contributed by atoms with E-state index in [9.17, 15) is 0 Å². The van der Waals surface area contributed by atoms with Gasteiger partial charge in [0.25, 0.3) is 5.65 Å². The summed E-state index contributed by atoms with van der Waals surface area (Å²) in [4.78, 5) is 0. The van der Waals surface area contributed by atoms with Gasteiger partial charge in [0.15, 0.2) is 5.52 Å². The van der Waals surface area contributed by atoms with Crippen molar-refractivity contribution in [2.24, 2.45) is 7.05 Å². The number of hydrogen-bond donors (Lipinski definition) is 0. The van der Waals surface area contributed by atoms with Crippen LogP contribution in [0.5, 0.6) is 0 Å². The lowest BCUT2D eigenvalue weighted by Crippen LogP contribution is -2.31. The quantitative estimate of drug-likeness (QED) is 0.394. The molecule has 1 aliphatic heterocycles. The van der Waals surface area contributed by atoms with Gasteiger partial charge in [0.05, 0.1) is 24.5 Å². The first kappa shape index (κ1) is 13.9. The summed E-state index contributed by atoms with van der Waals surface area (Å²) in [6.45, 7) is 0.936. The van der Waals surface area contributed by atoms with Crippen molar-refractivity contribution >= 4 is 22.1 Å². The molecule has 0 aliphatic carbocycles. The second-order valence-corrected chi connectivity index (χ2v) is 6.99. The van der Waals surface area contributed by atoms with Gasteiger partial charge in [-0.2, -0.15) is 0 Å². The predicted octanol–water partition coefficient (Wildman–Crippen LogP) is 4.44. The molecule has 3 heterocycles. The minimum absolute atomic E-state index is 0.936. The van der Waals surface area contributed by atoms with E-state index >= 15 is 0 Å². The zero-order chi connectivity index (χ0) is 17.3. The standard InChI is InChI=1S/C23H18N3/c1-24-22-18-12-6-5-9-16(18)15-25(22)21-19-13-7-8-14-20(19)26(23(21)24)17-10-3-2-4-11-17/h2-14H,15H2,1H3/q+1. The molecule has 3 nitrogen and oxygen atoms in total. The fourth-order valence-electron chi connectivity index (χ4n) is 4.54. The summed E-state index contributed by atoms with van der Waals surface area (Å²) >= 11 is 0. The maximum Gasteiger partial charge on any atom is 0.274 e. The Morgan fingerprint density at radius 3 is 2.42 bits per heavy atom. The summed E-state index contributed by atoms with van der Waals surface area (Å²) in [6.07, 6.45) is 0. The molecule has 0 radical (unpaired) electrons. The van der Waals surface area contributed by atoms with E-state index in [-0.39, 0.29) is 0 Å². The minimum Gasteiger partial charge on any atom is -0.248 e. The number of nitrogens with zero attached hydrogens (tertiary/aromatic N) is 3. The highest BCUT2D eigenvalue weighted by Crippen LogP contribution is 2.38. The van der Waals surface area contributed by atoms with E-state index < -0.39 is 0 Å². The summed E-state index contributed by atoms with van der Waals surface area (Å²) in [5.41, 5.74) is 7.77. The summed E-state index contributed by atoms with van der Waals surface area (Å²) < 4.78 is 7.22. The number of para-hydroxylation sites is 2. The van der Waals surface area contributed by atoms with Gasteiger partial charge in [-0.05, 0) is 35.9 Å². The smallest absolute Gasteiger partial charge is 0.248 e. The molecule has 2 aromatic heterocycles. The molecule has 1 aliphatic rings. The maximum absolute atomic E-state index is 2.47. The molecule has 0 N–H and O–H groups in total.